The predicted octanol–water partition coefficient (Wildman–Crippen LogP) is 2.08. The lowest BCUT2D eigenvalue weighted by atomic mass is 10.1. The number of alkyl halides is 2. The second-order valence-corrected chi connectivity index (χ2v) is 9.84. The third kappa shape index (κ3) is 9.66. The van der Waals surface area contributed by atoms with Gasteiger partial charge < -0.3 is 37.1 Å². The molecule has 2 aliphatic heterocycles. The molecule has 0 radical (unpaired) electrons. The molecule has 2 aliphatic rings. The Kier molecular flexibility index (Phi) is 12.0. The number of nitrogens with one attached hydrogen (secondary N) is 4. The zero-order valence-electron chi connectivity index (χ0n) is 23.0. The number of aliphatic imine (C=N–C) groups is 2. The van der Waals surface area contributed by atoms with Gasteiger partial charge in [-0.1, -0.05) is 11.6 Å². The van der Waals surface area contributed by atoms with Crippen molar-refractivity contribution in [3.05, 3.63) is 58.2 Å². The lowest BCUT2D eigenvalue weighted by Crippen LogP contribution is -2.37. The van der Waals surface area contributed by atoms with Gasteiger partial charge in [-0.2, -0.15) is 8.78 Å². The van der Waals surface area contributed by atoms with Gasteiger partial charge in [0.1, 0.15) is 23.0 Å². The molecular weight excluding hydrogens is 572 g/mol. The summed E-state index contributed by atoms with van der Waals surface area (Å²) in [6.45, 7) is 1.35. The van der Waals surface area contributed by atoms with Crippen molar-refractivity contribution < 1.29 is 23.1 Å². The first-order chi connectivity index (χ1) is 20.0. The van der Waals surface area contributed by atoms with Crippen LogP contribution < -0.4 is 32.2 Å². The molecule has 0 saturated carbocycles. The molecule has 1 saturated heterocycles. The Bertz CT molecular complexity index is 1320. The summed E-state index contributed by atoms with van der Waals surface area (Å²) in [5.41, 5.74) is 11.7. The van der Waals surface area contributed by atoms with E-state index in [1.807, 2.05) is 0 Å². The number of amidine groups is 1. The molecule has 8 N–H and O–H groups in total. The molecule has 2 amide bonds. The summed E-state index contributed by atoms with van der Waals surface area (Å²) in [5.74, 6) is -1.67. The smallest absolute Gasteiger partial charge is 0.387 e. The molecule has 226 valence electrons. The third-order valence-electron chi connectivity index (χ3n) is 6.32. The molecule has 0 atom stereocenters. The fraction of sp³-hybridized carbons (Fsp3) is 0.370. The van der Waals surface area contributed by atoms with Crippen LogP contribution in [-0.2, 0) is 9.59 Å². The van der Waals surface area contributed by atoms with Crippen molar-refractivity contribution in [2.45, 2.75) is 38.8 Å². The van der Waals surface area contributed by atoms with E-state index in [0.29, 0.717) is 6.54 Å². The molecule has 12 nitrogen and oxygen atoms in total. The van der Waals surface area contributed by atoms with Crippen LogP contribution in [0, 0.1) is 5.41 Å². The number of carbonyl (C=O) groups is 2. The van der Waals surface area contributed by atoms with Crippen molar-refractivity contribution in [1.82, 2.24) is 20.9 Å². The highest BCUT2D eigenvalue weighted by Crippen LogP contribution is 2.29. The number of ether oxygens (including phenoxy) is 1. The van der Waals surface area contributed by atoms with Crippen molar-refractivity contribution >= 4 is 47.4 Å². The number of allylic oxidation sites excluding steroid dienone is 2. The second-order valence-electron chi connectivity index (χ2n) is 9.41. The number of likely N-dealkylation sites (tertiary alicyclic amines) is 1. The zero-order valence-corrected chi connectivity index (χ0v) is 23.8. The van der Waals surface area contributed by atoms with E-state index in [0.717, 1.165) is 38.9 Å². The molecular formula is C27H34ClF2N9O3. The minimum Gasteiger partial charge on any atom is -0.434 e. The van der Waals surface area contributed by atoms with E-state index in [2.05, 4.69) is 35.6 Å². The van der Waals surface area contributed by atoms with E-state index in [-0.39, 0.29) is 51.1 Å². The van der Waals surface area contributed by atoms with Crippen molar-refractivity contribution in [3.8, 4) is 5.75 Å². The van der Waals surface area contributed by atoms with Crippen molar-refractivity contribution in [3.63, 3.8) is 0 Å². The number of rotatable bonds is 12. The van der Waals surface area contributed by atoms with Gasteiger partial charge in [-0.15, -0.1) is 0 Å². The molecule has 2 heterocycles. The fourth-order valence-electron chi connectivity index (χ4n) is 4.27. The van der Waals surface area contributed by atoms with Crippen LogP contribution in [0.5, 0.6) is 5.75 Å². The minimum atomic E-state index is -3.13. The lowest BCUT2D eigenvalue weighted by Gasteiger charge is -2.30. The largest absolute Gasteiger partial charge is 0.434 e. The third-order valence-corrected chi connectivity index (χ3v) is 6.56. The van der Waals surface area contributed by atoms with Gasteiger partial charge in [-0.05, 0) is 50.1 Å². The molecule has 3 rings (SSSR count). The summed E-state index contributed by atoms with van der Waals surface area (Å²) in [6.07, 6.45) is 8.15. The van der Waals surface area contributed by atoms with Crippen LogP contribution in [0.25, 0.3) is 5.70 Å². The van der Waals surface area contributed by atoms with E-state index in [4.69, 9.17) is 28.5 Å². The van der Waals surface area contributed by atoms with Crippen LogP contribution in [-0.4, -0.2) is 73.8 Å². The lowest BCUT2D eigenvalue weighted by molar-refractivity contribution is -0.119. The van der Waals surface area contributed by atoms with Gasteiger partial charge in [0.25, 0.3) is 5.91 Å². The van der Waals surface area contributed by atoms with Crippen LogP contribution in [0.2, 0.25) is 5.02 Å². The van der Waals surface area contributed by atoms with Crippen LogP contribution in [0.1, 0.15) is 31.7 Å². The first-order valence-electron chi connectivity index (χ1n) is 13.1. The Hall–Kier alpha value is -4.30. The predicted molar refractivity (Wildman–Crippen MR) is 158 cm³/mol. The summed E-state index contributed by atoms with van der Waals surface area (Å²) in [5, 5.41) is 16.3. The van der Waals surface area contributed by atoms with Gasteiger partial charge in [0.15, 0.2) is 0 Å². The maximum absolute atomic E-state index is 13.3. The first kappa shape index (κ1) is 32.2. The molecule has 1 fully saturated rings. The summed E-state index contributed by atoms with van der Waals surface area (Å²) in [4.78, 5) is 35.3. The highest BCUT2D eigenvalue weighted by molar-refractivity contribution is 6.30. The standard InChI is InChI=1S/C27H34ClF2N9O3/c1-16(40)34-10-3-11-39-12-6-18(7-13-39)37-15-20(23(31)19-14-17(28)4-5-21(19)42-27(29)30)38-26(41)22(24(32)33)25-35-8-2-9-36-25/h2,4-5,8-9,14-15,18,27,35H,3,6-7,10-13,31H2,1H3,(H3,32,33)(H,34,40)(H,38,41)/b23-20+,25-22+,37-15?. The van der Waals surface area contributed by atoms with Gasteiger partial charge in [0, 0.05) is 55.8 Å². The fourth-order valence-corrected chi connectivity index (χ4v) is 4.44. The van der Waals surface area contributed by atoms with Gasteiger partial charge in [0.2, 0.25) is 5.91 Å². The second kappa shape index (κ2) is 15.6. The molecule has 0 spiro atoms. The van der Waals surface area contributed by atoms with Gasteiger partial charge in [-0.3, -0.25) is 20.0 Å². The quantitative estimate of drug-likeness (QED) is 0.0912. The first-order valence-corrected chi connectivity index (χ1v) is 13.5. The van der Waals surface area contributed by atoms with Crippen LogP contribution in [0.15, 0.2) is 57.6 Å². The molecule has 1 aromatic carbocycles. The molecule has 0 unspecified atom stereocenters. The van der Waals surface area contributed by atoms with E-state index in [1.54, 1.807) is 6.08 Å². The molecule has 15 heteroatoms. The Labute approximate surface area is 247 Å². The van der Waals surface area contributed by atoms with E-state index >= 15 is 0 Å². The minimum absolute atomic E-state index is 0.00677. The molecule has 42 heavy (non-hydrogen) atoms. The summed E-state index contributed by atoms with van der Waals surface area (Å²) >= 11 is 6.12. The number of hydrogen-bond donors (Lipinski definition) is 6. The molecule has 0 aromatic heterocycles. The van der Waals surface area contributed by atoms with Gasteiger partial charge >= 0.3 is 6.61 Å². The molecule has 1 aromatic rings. The van der Waals surface area contributed by atoms with E-state index < -0.39 is 18.4 Å². The van der Waals surface area contributed by atoms with Gasteiger partial charge in [-0.25, -0.2) is 4.99 Å². The monoisotopic (exact) mass is 605 g/mol. The average molecular weight is 606 g/mol. The van der Waals surface area contributed by atoms with Crippen LogP contribution in [0.3, 0.4) is 0 Å². The Morgan fingerprint density at radius 3 is 2.69 bits per heavy atom. The Morgan fingerprint density at radius 2 is 2.07 bits per heavy atom. The maximum Gasteiger partial charge on any atom is 0.387 e. The van der Waals surface area contributed by atoms with Crippen molar-refractivity contribution in [2.24, 2.45) is 21.5 Å². The van der Waals surface area contributed by atoms with Crippen molar-refractivity contribution in [1.29, 1.82) is 5.41 Å². The SMILES string of the molecule is CC(=O)NCCCN1CCC(N=C/C(NC(=O)/C(C(=N)N)=C2/N=CC=CN2)=C(\N)c2cc(Cl)ccc2OC(F)F)CC1. The number of piperidine rings is 1. The van der Waals surface area contributed by atoms with E-state index in [1.165, 1.54) is 43.8 Å². The van der Waals surface area contributed by atoms with Crippen LogP contribution >= 0.6 is 11.6 Å². The highest BCUT2D eigenvalue weighted by Gasteiger charge is 2.23. The number of amides is 2. The zero-order chi connectivity index (χ0) is 30.6. The van der Waals surface area contributed by atoms with E-state index in [9.17, 15) is 18.4 Å². The van der Waals surface area contributed by atoms with Crippen LogP contribution in [0.4, 0.5) is 8.78 Å². The number of carbonyl (C=O) groups excluding carboxylic acids is 2. The summed E-state index contributed by atoms with van der Waals surface area (Å²) < 4.78 is 30.9. The number of hydrogen-bond acceptors (Lipinski definition) is 9. The number of benzene rings is 1. The van der Waals surface area contributed by atoms with Gasteiger partial charge in [0.05, 0.1) is 17.4 Å². The highest BCUT2D eigenvalue weighted by atomic mass is 35.5. The molecule has 0 aliphatic carbocycles. The summed E-state index contributed by atoms with van der Waals surface area (Å²) in [7, 11) is 0. The number of nitrogens with zero attached hydrogens (tertiary/aromatic N) is 3. The number of nitrogens with two attached hydrogens (primary N) is 2. The Morgan fingerprint density at radius 1 is 1.33 bits per heavy atom. The average Bonchev–Trinajstić information content (AvgIpc) is 2.94. The number of halogens is 3. The maximum atomic E-state index is 13.3. The molecule has 0 bridgehead atoms. The summed E-state index contributed by atoms with van der Waals surface area (Å²) in [6, 6.07) is 3.83. The topological polar surface area (TPSA) is 183 Å². The van der Waals surface area contributed by atoms with Crippen molar-refractivity contribution in [2.75, 3.05) is 26.2 Å². The normalized spacial score (nSPS) is 17.5. The Balaban J connectivity index is 1.87.